The molecule has 0 saturated carbocycles. The number of rotatable bonds is 7. The van der Waals surface area contributed by atoms with Gasteiger partial charge < -0.3 is 10.1 Å². The normalized spacial score (nSPS) is 11.5. The number of methoxy groups -OCH3 is 1. The molecule has 0 spiro atoms. The lowest BCUT2D eigenvalue weighted by Gasteiger charge is -2.23. The monoisotopic (exact) mass is 516 g/mol. The molecule has 0 radical (unpaired) electrons. The number of thiophene rings is 1. The number of anilines is 2. The van der Waals surface area contributed by atoms with Crippen LogP contribution in [0.25, 0.3) is 20.9 Å². The predicted molar refractivity (Wildman–Crippen MR) is 147 cm³/mol. The average molecular weight is 517 g/mol. The molecule has 5 aromatic rings. The van der Waals surface area contributed by atoms with Crippen molar-refractivity contribution < 1.29 is 17.9 Å². The Labute approximate surface area is 213 Å². The lowest BCUT2D eigenvalue weighted by atomic mass is 10.1. The highest BCUT2D eigenvalue weighted by Gasteiger charge is 2.24. The molecule has 0 fully saturated rings. The Morgan fingerprint density at radius 1 is 0.917 bits per heavy atom. The van der Waals surface area contributed by atoms with E-state index in [4.69, 9.17) is 4.74 Å². The van der Waals surface area contributed by atoms with E-state index in [1.807, 2.05) is 54.6 Å². The van der Waals surface area contributed by atoms with E-state index in [2.05, 4.69) is 5.32 Å². The first-order valence-corrected chi connectivity index (χ1v) is 13.7. The lowest BCUT2D eigenvalue weighted by molar-refractivity contribution is 0.103. The van der Waals surface area contributed by atoms with Crippen LogP contribution in [0.15, 0.2) is 95.9 Å². The van der Waals surface area contributed by atoms with Gasteiger partial charge in [-0.05, 0) is 72.3 Å². The molecule has 1 heterocycles. The van der Waals surface area contributed by atoms with Crippen LogP contribution in [-0.4, -0.2) is 28.0 Å². The molecule has 0 aliphatic carbocycles. The predicted octanol–water partition coefficient (Wildman–Crippen LogP) is 6.53. The Kier molecular flexibility index (Phi) is 6.38. The third-order valence-electron chi connectivity index (χ3n) is 5.98. The summed E-state index contributed by atoms with van der Waals surface area (Å²) in [4.78, 5) is 13.8. The van der Waals surface area contributed by atoms with E-state index in [1.54, 1.807) is 31.2 Å². The summed E-state index contributed by atoms with van der Waals surface area (Å²) >= 11 is 1.37. The van der Waals surface area contributed by atoms with Crippen LogP contribution in [0.1, 0.15) is 16.6 Å². The summed E-state index contributed by atoms with van der Waals surface area (Å²) in [6, 6.07) is 27.3. The van der Waals surface area contributed by atoms with E-state index in [-0.39, 0.29) is 17.3 Å². The first-order valence-electron chi connectivity index (χ1n) is 11.4. The number of fused-ring (bicyclic) bond motifs is 2. The van der Waals surface area contributed by atoms with Crippen molar-refractivity contribution >= 4 is 59.5 Å². The number of sulfonamides is 1. The molecule has 5 rings (SSSR count). The number of hydrogen-bond donors (Lipinski definition) is 1. The second-order valence-corrected chi connectivity index (χ2v) is 11.1. The summed E-state index contributed by atoms with van der Waals surface area (Å²) in [5, 5.41) is 5.85. The topological polar surface area (TPSA) is 75.7 Å². The Bertz CT molecular complexity index is 1670. The van der Waals surface area contributed by atoms with Crippen molar-refractivity contribution in [2.75, 3.05) is 23.3 Å². The Balaban J connectivity index is 1.44. The molecule has 0 unspecified atom stereocenters. The molecule has 8 heteroatoms. The third kappa shape index (κ3) is 4.41. The van der Waals surface area contributed by atoms with E-state index < -0.39 is 10.0 Å². The molecule has 0 saturated heterocycles. The summed E-state index contributed by atoms with van der Waals surface area (Å²) < 4.78 is 34.1. The maximum absolute atomic E-state index is 13.3. The van der Waals surface area contributed by atoms with Gasteiger partial charge >= 0.3 is 0 Å². The number of nitrogens with one attached hydrogen (secondary N) is 1. The van der Waals surface area contributed by atoms with Crippen molar-refractivity contribution in [2.24, 2.45) is 0 Å². The minimum atomic E-state index is -3.77. The first-order chi connectivity index (χ1) is 17.4. The van der Waals surface area contributed by atoms with Gasteiger partial charge in [0.1, 0.15) is 5.75 Å². The fourth-order valence-corrected chi connectivity index (χ4v) is 6.59. The molecule has 1 aromatic heterocycles. The number of carbonyl (C=O) groups excluding carboxylic acids is 1. The van der Waals surface area contributed by atoms with E-state index in [9.17, 15) is 13.2 Å². The van der Waals surface area contributed by atoms with Crippen molar-refractivity contribution in [3.8, 4) is 5.75 Å². The summed E-state index contributed by atoms with van der Waals surface area (Å²) in [5.41, 5.74) is 1.29. The molecular formula is C28H24N2O4S2. The first kappa shape index (κ1) is 23.8. The maximum Gasteiger partial charge on any atom is 0.265 e. The maximum atomic E-state index is 13.3. The highest BCUT2D eigenvalue weighted by Crippen LogP contribution is 2.33. The zero-order valence-corrected chi connectivity index (χ0v) is 21.4. The molecule has 1 N–H and O–H groups in total. The van der Waals surface area contributed by atoms with Gasteiger partial charge in [0.05, 0.1) is 22.6 Å². The fraction of sp³-hybridized carbons (Fsp3) is 0.107. The fourth-order valence-electron chi connectivity index (χ4n) is 4.18. The van der Waals surface area contributed by atoms with Gasteiger partial charge in [-0.15, -0.1) is 11.3 Å². The quantitative estimate of drug-likeness (QED) is 0.267. The minimum Gasteiger partial charge on any atom is -0.497 e. The van der Waals surface area contributed by atoms with Crippen LogP contribution in [0.3, 0.4) is 0 Å². The Morgan fingerprint density at radius 2 is 1.67 bits per heavy atom. The summed E-state index contributed by atoms with van der Waals surface area (Å²) in [7, 11) is -2.23. The Morgan fingerprint density at radius 3 is 2.42 bits per heavy atom. The van der Waals surface area contributed by atoms with E-state index in [0.29, 0.717) is 16.3 Å². The second-order valence-electron chi connectivity index (χ2n) is 8.16. The SMILES string of the molecule is CCN(c1ccc2sc(C(=O)Nc3cccc4ccccc34)cc2c1)S(=O)(=O)c1ccc(OC)cc1. The van der Waals surface area contributed by atoms with Crippen LogP contribution >= 0.6 is 11.3 Å². The van der Waals surface area contributed by atoms with Gasteiger partial charge in [-0.25, -0.2) is 8.42 Å². The largest absolute Gasteiger partial charge is 0.497 e. The summed E-state index contributed by atoms with van der Waals surface area (Å²) in [5.74, 6) is 0.387. The number of nitrogens with zero attached hydrogens (tertiary/aromatic N) is 1. The number of carbonyl (C=O) groups is 1. The minimum absolute atomic E-state index is 0.186. The van der Waals surface area contributed by atoms with Gasteiger partial charge in [0, 0.05) is 22.3 Å². The summed E-state index contributed by atoms with van der Waals surface area (Å²) in [6.07, 6.45) is 0. The van der Waals surface area contributed by atoms with Gasteiger partial charge in [-0.3, -0.25) is 9.10 Å². The van der Waals surface area contributed by atoms with Crippen molar-refractivity contribution in [3.63, 3.8) is 0 Å². The molecule has 4 aromatic carbocycles. The molecule has 0 aliphatic rings. The smallest absolute Gasteiger partial charge is 0.265 e. The van der Waals surface area contributed by atoms with E-state index in [1.165, 1.54) is 34.9 Å². The van der Waals surface area contributed by atoms with Gasteiger partial charge in [-0.1, -0.05) is 36.4 Å². The number of hydrogen-bond acceptors (Lipinski definition) is 5. The van der Waals surface area contributed by atoms with Crippen molar-refractivity contribution in [2.45, 2.75) is 11.8 Å². The van der Waals surface area contributed by atoms with Crippen LogP contribution in [0.5, 0.6) is 5.75 Å². The van der Waals surface area contributed by atoms with Gasteiger partial charge in [0.2, 0.25) is 0 Å². The molecule has 1 amide bonds. The number of ether oxygens (including phenoxy) is 1. The van der Waals surface area contributed by atoms with Crippen molar-refractivity contribution in [3.05, 3.63) is 95.9 Å². The second kappa shape index (κ2) is 9.64. The standard InChI is InChI=1S/C28H24N2O4S2/c1-3-30(36(32,33)23-14-12-22(34-2)13-15-23)21-11-16-26-20(17-21)18-27(35-26)28(31)29-25-10-6-8-19-7-4-5-9-24(19)25/h4-18H,3H2,1-2H3,(H,29,31). The Hall–Kier alpha value is -3.88. The van der Waals surface area contributed by atoms with Crippen LogP contribution in [0.2, 0.25) is 0 Å². The zero-order valence-electron chi connectivity index (χ0n) is 19.8. The van der Waals surface area contributed by atoms with Crippen molar-refractivity contribution in [1.82, 2.24) is 0 Å². The average Bonchev–Trinajstić information content (AvgIpc) is 3.33. The molecule has 36 heavy (non-hydrogen) atoms. The molecule has 0 bridgehead atoms. The molecule has 0 atom stereocenters. The summed E-state index contributed by atoms with van der Waals surface area (Å²) in [6.45, 7) is 2.06. The van der Waals surface area contributed by atoms with Gasteiger partial charge in [0.15, 0.2) is 0 Å². The van der Waals surface area contributed by atoms with Gasteiger partial charge in [-0.2, -0.15) is 0 Å². The van der Waals surface area contributed by atoms with Crippen LogP contribution in [-0.2, 0) is 10.0 Å². The van der Waals surface area contributed by atoms with E-state index in [0.717, 1.165) is 26.5 Å². The highest BCUT2D eigenvalue weighted by molar-refractivity contribution is 7.92. The number of amides is 1. The lowest BCUT2D eigenvalue weighted by Crippen LogP contribution is -2.30. The molecule has 182 valence electrons. The van der Waals surface area contributed by atoms with E-state index >= 15 is 0 Å². The third-order valence-corrected chi connectivity index (χ3v) is 9.02. The van der Waals surface area contributed by atoms with Crippen molar-refractivity contribution in [1.29, 1.82) is 0 Å². The zero-order chi connectivity index (χ0) is 25.3. The van der Waals surface area contributed by atoms with Crippen LogP contribution < -0.4 is 14.4 Å². The van der Waals surface area contributed by atoms with Crippen LogP contribution in [0.4, 0.5) is 11.4 Å². The van der Waals surface area contributed by atoms with Crippen LogP contribution in [0, 0.1) is 0 Å². The molecular weight excluding hydrogens is 492 g/mol. The molecule has 0 aliphatic heterocycles. The molecule has 6 nitrogen and oxygen atoms in total. The number of benzene rings is 4. The van der Waals surface area contributed by atoms with Gasteiger partial charge in [0.25, 0.3) is 15.9 Å². The highest BCUT2D eigenvalue weighted by atomic mass is 32.2.